The fraction of sp³-hybridized carbons (Fsp3) is 0.375. The van der Waals surface area contributed by atoms with Gasteiger partial charge in [-0.15, -0.1) is 0 Å². The molecule has 22 heavy (non-hydrogen) atoms. The number of carbonyl (C=O) groups excluding carboxylic acids is 1. The van der Waals surface area contributed by atoms with Crippen LogP contribution in [-0.4, -0.2) is 23.7 Å². The molecule has 2 aromatic rings. The van der Waals surface area contributed by atoms with Crippen molar-refractivity contribution in [3.8, 4) is 5.75 Å². The fourth-order valence-electron chi connectivity index (χ4n) is 1.95. The van der Waals surface area contributed by atoms with Crippen molar-refractivity contribution in [1.82, 2.24) is 10.5 Å². The highest BCUT2D eigenvalue weighted by molar-refractivity contribution is 6.30. The molecule has 0 saturated heterocycles. The van der Waals surface area contributed by atoms with Gasteiger partial charge in [-0.1, -0.05) is 29.7 Å². The smallest absolute Gasteiger partial charge is 0.227 e. The van der Waals surface area contributed by atoms with Gasteiger partial charge in [-0.05, 0) is 31.5 Å². The molecule has 118 valence electrons. The molecule has 0 bridgehead atoms. The minimum Gasteiger partial charge on any atom is -0.489 e. The highest BCUT2D eigenvalue weighted by Gasteiger charge is 2.12. The molecule has 0 spiro atoms. The molecule has 1 aromatic heterocycles. The van der Waals surface area contributed by atoms with Crippen LogP contribution in [0.25, 0.3) is 0 Å². The van der Waals surface area contributed by atoms with E-state index >= 15 is 0 Å². The second-order valence-electron chi connectivity index (χ2n) is 5.02. The van der Waals surface area contributed by atoms with Gasteiger partial charge in [-0.3, -0.25) is 4.79 Å². The quantitative estimate of drug-likeness (QED) is 0.850. The van der Waals surface area contributed by atoms with Crippen LogP contribution in [0.2, 0.25) is 5.02 Å². The zero-order chi connectivity index (χ0) is 15.9. The lowest BCUT2D eigenvalue weighted by Crippen LogP contribution is -2.35. The van der Waals surface area contributed by atoms with Crippen LogP contribution in [-0.2, 0) is 11.2 Å². The predicted octanol–water partition coefficient (Wildman–Crippen LogP) is 3.15. The Hall–Kier alpha value is -2.01. The molecule has 1 amide bonds. The van der Waals surface area contributed by atoms with Crippen molar-refractivity contribution >= 4 is 17.5 Å². The van der Waals surface area contributed by atoms with Crippen molar-refractivity contribution in [2.24, 2.45) is 0 Å². The zero-order valence-corrected chi connectivity index (χ0v) is 13.4. The Kier molecular flexibility index (Phi) is 5.83. The summed E-state index contributed by atoms with van der Waals surface area (Å²) in [6, 6.07) is 8.96. The number of aryl methyl sites for hydroxylation is 1. The first kappa shape index (κ1) is 16.4. The summed E-state index contributed by atoms with van der Waals surface area (Å²) in [7, 11) is 0. The van der Waals surface area contributed by atoms with E-state index in [1.807, 2.05) is 26.0 Å². The molecule has 0 aliphatic carbocycles. The minimum atomic E-state index is -0.121. The van der Waals surface area contributed by atoms with Crippen molar-refractivity contribution in [2.75, 3.05) is 6.54 Å². The Balaban J connectivity index is 1.81. The van der Waals surface area contributed by atoms with E-state index in [0.717, 1.165) is 12.1 Å². The van der Waals surface area contributed by atoms with Gasteiger partial charge in [0.2, 0.25) is 5.91 Å². The first-order chi connectivity index (χ1) is 10.6. The summed E-state index contributed by atoms with van der Waals surface area (Å²) in [4.78, 5) is 11.9. The van der Waals surface area contributed by atoms with Crippen molar-refractivity contribution in [3.63, 3.8) is 0 Å². The number of halogens is 1. The highest BCUT2D eigenvalue weighted by Crippen LogP contribution is 2.18. The Bertz CT molecular complexity index is 627. The normalized spacial score (nSPS) is 12.0. The molecule has 1 unspecified atom stereocenters. The number of hydrogen-bond donors (Lipinski definition) is 1. The van der Waals surface area contributed by atoms with Crippen molar-refractivity contribution in [1.29, 1.82) is 0 Å². The third kappa shape index (κ3) is 5.07. The summed E-state index contributed by atoms with van der Waals surface area (Å²) in [6.45, 7) is 4.24. The molecule has 5 nitrogen and oxygen atoms in total. The van der Waals surface area contributed by atoms with E-state index < -0.39 is 0 Å². The maximum Gasteiger partial charge on any atom is 0.227 e. The summed E-state index contributed by atoms with van der Waals surface area (Å²) < 4.78 is 10.8. The molecule has 0 radical (unpaired) electrons. The van der Waals surface area contributed by atoms with Crippen molar-refractivity contribution in [2.45, 2.75) is 32.8 Å². The number of benzene rings is 1. The number of amides is 1. The summed E-state index contributed by atoms with van der Waals surface area (Å²) >= 11 is 5.93. The molecule has 0 aliphatic heterocycles. The Morgan fingerprint density at radius 2 is 2.27 bits per heavy atom. The largest absolute Gasteiger partial charge is 0.489 e. The van der Waals surface area contributed by atoms with Gasteiger partial charge in [0.25, 0.3) is 0 Å². The summed E-state index contributed by atoms with van der Waals surface area (Å²) in [6.07, 6.45) is 0.835. The Morgan fingerprint density at radius 3 is 2.91 bits per heavy atom. The minimum absolute atomic E-state index is 0.112. The second kappa shape index (κ2) is 7.84. The SMILES string of the molecule is CCC(CNC(=O)Cc1cc(C)no1)Oc1cccc(Cl)c1. The Morgan fingerprint density at radius 1 is 1.45 bits per heavy atom. The van der Waals surface area contributed by atoms with Gasteiger partial charge < -0.3 is 14.6 Å². The van der Waals surface area contributed by atoms with E-state index in [-0.39, 0.29) is 18.4 Å². The van der Waals surface area contributed by atoms with Crippen LogP contribution in [0, 0.1) is 6.92 Å². The third-order valence-electron chi connectivity index (χ3n) is 3.09. The van der Waals surface area contributed by atoms with E-state index in [4.69, 9.17) is 20.9 Å². The van der Waals surface area contributed by atoms with Crippen LogP contribution in [0.5, 0.6) is 5.75 Å². The van der Waals surface area contributed by atoms with Gasteiger partial charge in [0.05, 0.1) is 18.7 Å². The molecule has 0 aliphatic rings. The first-order valence-corrected chi connectivity index (χ1v) is 7.55. The average molecular weight is 323 g/mol. The third-order valence-corrected chi connectivity index (χ3v) is 3.33. The van der Waals surface area contributed by atoms with E-state index in [1.165, 1.54) is 0 Å². The maximum atomic E-state index is 11.9. The molecular weight excluding hydrogens is 304 g/mol. The number of hydrogen-bond acceptors (Lipinski definition) is 4. The molecule has 1 N–H and O–H groups in total. The first-order valence-electron chi connectivity index (χ1n) is 7.18. The number of ether oxygens (including phenoxy) is 1. The lowest BCUT2D eigenvalue weighted by atomic mass is 10.2. The topological polar surface area (TPSA) is 64.4 Å². The monoisotopic (exact) mass is 322 g/mol. The van der Waals surface area contributed by atoms with Crippen LogP contribution in [0.1, 0.15) is 24.8 Å². The Labute approximate surface area is 134 Å². The van der Waals surface area contributed by atoms with E-state index in [2.05, 4.69) is 10.5 Å². The van der Waals surface area contributed by atoms with Crippen LogP contribution in [0.15, 0.2) is 34.9 Å². The lowest BCUT2D eigenvalue weighted by Gasteiger charge is -2.18. The lowest BCUT2D eigenvalue weighted by molar-refractivity contribution is -0.121. The molecule has 2 rings (SSSR count). The molecule has 1 atom stereocenters. The molecule has 1 heterocycles. The highest BCUT2D eigenvalue weighted by atomic mass is 35.5. The number of nitrogens with zero attached hydrogens (tertiary/aromatic N) is 1. The number of aromatic nitrogens is 1. The van der Waals surface area contributed by atoms with Crippen LogP contribution >= 0.6 is 11.6 Å². The maximum absolute atomic E-state index is 11.9. The second-order valence-corrected chi connectivity index (χ2v) is 5.46. The number of carbonyl (C=O) groups is 1. The van der Waals surface area contributed by atoms with E-state index in [1.54, 1.807) is 18.2 Å². The van der Waals surface area contributed by atoms with Gasteiger partial charge >= 0.3 is 0 Å². The summed E-state index contributed by atoms with van der Waals surface area (Å²) in [5, 5.41) is 7.22. The molecular formula is C16H19ClN2O3. The molecule has 0 saturated carbocycles. The average Bonchev–Trinajstić information content (AvgIpc) is 2.88. The molecule has 1 aromatic carbocycles. The van der Waals surface area contributed by atoms with Gasteiger partial charge in [0, 0.05) is 11.1 Å². The molecule has 6 heteroatoms. The van der Waals surface area contributed by atoms with Gasteiger partial charge in [-0.2, -0.15) is 0 Å². The van der Waals surface area contributed by atoms with Crippen molar-refractivity contribution in [3.05, 3.63) is 46.8 Å². The van der Waals surface area contributed by atoms with Crippen molar-refractivity contribution < 1.29 is 14.1 Å². The van der Waals surface area contributed by atoms with Crippen LogP contribution < -0.4 is 10.1 Å². The van der Waals surface area contributed by atoms with Gasteiger partial charge in [-0.25, -0.2) is 0 Å². The number of nitrogens with one attached hydrogen (secondary N) is 1. The summed E-state index contributed by atoms with van der Waals surface area (Å²) in [5.41, 5.74) is 0.763. The van der Waals surface area contributed by atoms with E-state index in [9.17, 15) is 4.79 Å². The predicted molar refractivity (Wildman–Crippen MR) is 84.1 cm³/mol. The van der Waals surface area contributed by atoms with Crippen LogP contribution in [0.4, 0.5) is 0 Å². The zero-order valence-electron chi connectivity index (χ0n) is 12.6. The van der Waals surface area contributed by atoms with Gasteiger partial charge in [0.1, 0.15) is 17.6 Å². The van der Waals surface area contributed by atoms with Gasteiger partial charge in [0.15, 0.2) is 0 Å². The number of rotatable bonds is 7. The van der Waals surface area contributed by atoms with E-state index in [0.29, 0.717) is 23.1 Å². The fourth-order valence-corrected chi connectivity index (χ4v) is 2.13. The standard InChI is InChI=1S/C16H19ClN2O3/c1-3-13(21-14-6-4-5-12(17)8-14)10-18-16(20)9-15-7-11(2)19-22-15/h4-8,13H,3,9-10H2,1-2H3,(H,18,20). The van der Waals surface area contributed by atoms with Crippen LogP contribution in [0.3, 0.4) is 0 Å². The summed E-state index contributed by atoms with van der Waals surface area (Å²) in [5.74, 6) is 1.13. The molecule has 0 fully saturated rings.